The molecule has 1 heterocycles. The number of imidazole rings is 1. The largest absolute Gasteiger partial charge is 0.387 e. The summed E-state index contributed by atoms with van der Waals surface area (Å²) in [5, 5.41) is 10.7. The van der Waals surface area contributed by atoms with Crippen molar-refractivity contribution in [3.05, 3.63) is 53.6 Å². The summed E-state index contributed by atoms with van der Waals surface area (Å²) < 4.78 is 2.07. The molecule has 0 aliphatic heterocycles. The van der Waals surface area contributed by atoms with E-state index in [0.29, 0.717) is 12.0 Å². The van der Waals surface area contributed by atoms with E-state index in [0.717, 1.165) is 12.1 Å². The average molecular weight is 284 g/mol. The molecule has 0 bridgehead atoms. The molecule has 2 aromatic rings. The number of hydrogen-bond acceptors (Lipinski definition) is 2. The molecule has 21 heavy (non-hydrogen) atoms. The second-order valence-electron chi connectivity index (χ2n) is 6.36. The monoisotopic (exact) mass is 284 g/mol. The zero-order chi connectivity index (χ0) is 14.8. The Bertz CT molecular complexity index is 603. The second-order valence-corrected chi connectivity index (χ2v) is 6.36. The van der Waals surface area contributed by atoms with Crippen LogP contribution in [0.25, 0.3) is 0 Å². The number of hydrogen-bond donors (Lipinski definition) is 1. The molecule has 2 unspecified atom stereocenters. The number of benzene rings is 1. The number of nitrogens with zero attached hydrogens (tertiary/aromatic N) is 2. The van der Waals surface area contributed by atoms with Crippen molar-refractivity contribution in [2.75, 3.05) is 0 Å². The van der Waals surface area contributed by atoms with Crippen molar-refractivity contribution in [1.82, 2.24) is 9.55 Å². The van der Waals surface area contributed by atoms with Crippen molar-refractivity contribution in [3.8, 4) is 0 Å². The summed E-state index contributed by atoms with van der Waals surface area (Å²) in [6, 6.07) is 9.02. The van der Waals surface area contributed by atoms with Gasteiger partial charge in [0.15, 0.2) is 0 Å². The first-order chi connectivity index (χ1) is 10.2. The van der Waals surface area contributed by atoms with Gasteiger partial charge in [0.1, 0.15) is 0 Å². The predicted octanol–water partition coefficient (Wildman–Crippen LogP) is 4.01. The first-order valence-corrected chi connectivity index (χ1v) is 7.94. The molecule has 3 heteroatoms. The zero-order valence-electron chi connectivity index (χ0n) is 12.9. The fourth-order valence-electron chi connectivity index (χ4n) is 3.49. The molecule has 1 aliphatic carbocycles. The first-order valence-electron chi connectivity index (χ1n) is 7.94. The maximum atomic E-state index is 10.7. The maximum Gasteiger partial charge on any atom is 0.0961 e. The van der Waals surface area contributed by atoms with E-state index in [1.54, 1.807) is 6.20 Å². The van der Waals surface area contributed by atoms with Crippen LogP contribution in [0.2, 0.25) is 0 Å². The third-order valence-electron chi connectivity index (χ3n) is 4.60. The molecule has 0 saturated heterocycles. The lowest BCUT2D eigenvalue weighted by Crippen LogP contribution is -2.15. The van der Waals surface area contributed by atoms with Gasteiger partial charge in [-0.1, -0.05) is 24.3 Å². The van der Waals surface area contributed by atoms with Crippen molar-refractivity contribution >= 4 is 0 Å². The van der Waals surface area contributed by atoms with E-state index in [1.807, 2.05) is 6.33 Å². The summed E-state index contributed by atoms with van der Waals surface area (Å²) in [5.41, 5.74) is 3.82. The first kappa shape index (κ1) is 14.3. The molecule has 112 valence electrons. The number of aryl methyl sites for hydroxylation is 1. The molecule has 0 amide bonds. The highest BCUT2D eigenvalue weighted by molar-refractivity contribution is 5.32. The van der Waals surface area contributed by atoms with Crippen LogP contribution in [0.15, 0.2) is 36.8 Å². The van der Waals surface area contributed by atoms with E-state index in [9.17, 15) is 5.11 Å². The highest BCUT2D eigenvalue weighted by Gasteiger charge is 2.24. The fourth-order valence-corrected chi connectivity index (χ4v) is 3.49. The molecule has 2 atom stereocenters. The highest BCUT2D eigenvalue weighted by atomic mass is 16.3. The highest BCUT2D eigenvalue weighted by Crippen LogP contribution is 2.37. The van der Waals surface area contributed by atoms with Crippen LogP contribution in [-0.4, -0.2) is 14.7 Å². The minimum absolute atomic E-state index is 0.329. The van der Waals surface area contributed by atoms with E-state index in [-0.39, 0.29) is 0 Å². The van der Waals surface area contributed by atoms with Gasteiger partial charge in [-0.3, -0.25) is 0 Å². The van der Waals surface area contributed by atoms with E-state index in [2.05, 4.69) is 47.7 Å². The van der Waals surface area contributed by atoms with Crippen molar-refractivity contribution < 1.29 is 5.11 Å². The summed E-state index contributed by atoms with van der Waals surface area (Å²) in [6.45, 7) is 4.24. The molecular weight excluding hydrogens is 260 g/mol. The molecule has 0 fully saturated rings. The Labute approximate surface area is 126 Å². The van der Waals surface area contributed by atoms with Crippen LogP contribution in [0.4, 0.5) is 0 Å². The van der Waals surface area contributed by atoms with Crippen LogP contribution in [0.3, 0.4) is 0 Å². The SMILES string of the molecule is CC(C)n1cncc1C(O)CC1CCCc2ccccc21. The van der Waals surface area contributed by atoms with Crippen LogP contribution < -0.4 is 0 Å². The lowest BCUT2D eigenvalue weighted by molar-refractivity contribution is 0.144. The van der Waals surface area contributed by atoms with E-state index in [4.69, 9.17) is 0 Å². The standard InChI is InChI=1S/C18H24N2O/c1-13(2)20-12-19-11-17(20)18(21)10-15-8-5-7-14-6-3-4-9-16(14)15/h3-4,6,9,11-13,15,18,21H,5,7-8,10H2,1-2H3. The van der Waals surface area contributed by atoms with E-state index >= 15 is 0 Å². The van der Waals surface area contributed by atoms with Gasteiger partial charge in [0, 0.05) is 6.04 Å². The average Bonchev–Trinajstić information content (AvgIpc) is 2.97. The Morgan fingerprint density at radius 2 is 2.14 bits per heavy atom. The maximum absolute atomic E-state index is 10.7. The number of aromatic nitrogens is 2. The number of fused-ring (bicyclic) bond motifs is 1. The van der Waals surface area contributed by atoms with Crippen molar-refractivity contribution in [2.45, 2.75) is 57.6 Å². The lowest BCUT2D eigenvalue weighted by atomic mass is 9.80. The summed E-state index contributed by atoms with van der Waals surface area (Å²) in [5.74, 6) is 0.459. The minimum atomic E-state index is -0.439. The topological polar surface area (TPSA) is 38.0 Å². The van der Waals surface area contributed by atoms with Gasteiger partial charge in [0.2, 0.25) is 0 Å². The van der Waals surface area contributed by atoms with Crippen LogP contribution in [-0.2, 0) is 6.42 Å². The molecule has 1 N–H and O–H groups in total. The Hall–Kier alpha value is -1.61. The van der Waals surface area contributed by atoms with Gasteiger partial charge >= 0.3 is 0 Å². The van der Waals surface area contributed by atoms with Crippen molar-refractivity contribution in [2.24, 2.45) is 0 Å². The van der Waals surface area contributed by atoms with Gasteiger partial charge in [-0.2, -0.15) is 0 Å². The van der Waals surface area contributed by atoms with E-state index in [1.165, 1.54) is 30.4 Å². The van der Waals surface area contributed by atoms with Crippen LogP contribution in [0.1, 0.15) is 68.0 Å². The van der Waals surface area contributed by atoms with Gasteiger partial charge < -0.3 is 9.67 Å². The second kappa shape index (κ2) is 6.02. The molecule has 1 aromatic heterocycles. The summed E-state index contributed by atoms with van der Waals surface area (Å²) in [7, 11) is 0. The van der Waals surface area contributed by atoms with Gasteiger partial charge in [-0.15, -0.1) is 0 Å². The van der Waals surface area contributed by atoms with E-state index < -0.39 is 6.10 Å². The molecule has 1 aromatic carbocycles. The molecule has 3 rings (SSSR count). The van der Waals surface area contributed by atoms with Crippen molar-refractivity contribution in [1.29, 1.82) is 0 Å². The minimum Gasteiger partial charge on any atom is -0.387 e. The zero-order valence-corrected chi connectivity index (χ0v) is 12.9. The lowest BCUT2D eigenvalue weighted by Gasteiger charge is -2.27. The molecule has 0 radical (unpaired) electrons. The van der Waals surface area contributed by atoms with Crippen LogP contribution >= 0.6 is 0 Å². The quantitative estimate of drug-likeness (QED) is 0.921. The third kappa shape index (κ3) is 2.88. The molecule has 1 aliphatic rings. The third-order valence-corrected chi connectivity index (χ3v) is 4.60. The number of aliphatic hydroxyl groups is 1. The fraction of sp³-hybridized carbons (Fsp3) is 0.500. The van der Waals surface area contributed by atoms with Gasteiger partial charge in [0.05, 0.1) is 24.3 Å². The Balaban J connectivity index is 1.79. The summed E-state index contributed by atoms with van der Waals surface area (Å²) in [6.07, 6.45) is 7.53. The molecule has 0 spiro atoms. The van der Waals surface area contributed by atoms with Gasteiger partial charge in [0.25, 0.3) is 0 Å². The van der Waals surface area contributed by atoms with Gasteiger partial charge in [-0.05, 0) is 56.6 Å². The molecule has 0 saturated carbocycles. The summed E-state index contributed by atoms with van der Waals surface area (Å²) >= 11 is 0. The van der Waals surface area contributed by atoms with Crippen LogP contribution in [0, 0.1) is 0 Å². The predicted molar refractivity (Wildman–Crippen MR) is 84.3 cm³/mol. The molecule has 3 nitrogen and oxygen atoms in total. The normalized spacial score (nSPS) is 19.5. The van der Waals surface area contributed by atoms with Crippen LogP contribution in [0.5, 0.6) is 0 Å². The Morgan fingerprint density at radius 1 is 1.33 bits per heavy atom. The Kier molecular flexibility index (Phi) is 4.11. The number of rotatable bonds is 4. The smallest absolute Gasteiger partial charge is 0.0961 e. The summed E-state index contributed by atoms with van der Waals surface area (Å²) in [4.78, 5) is 4.20. The molecular formula is C18H24N2O. The Morgan fingerprint density at radius 3 is 2.95 bits per heavy atom. The number of aliphatic hydroxyl groups excluding tert-OH is 1. The van der Waals surface area contributed by atoms with Crippen molar-refractivity contribution in [3.63, 3.8) is 0 Å². The van der Waals surface area contributed by atoms with Gasteiger partial charge in [-0.25, -0.2) is 4.98 Å².